The molecule has 7 nitrogen and oxygen atoms in total. The fraction of sp³-hybridized carbons (Fsp3) is 0.375. The Morgan fingerprint density at radius 2 is 2.03 bits per heavy atom. The third-order valence-corrected chi connectivity index (χ3v) is 10.3. The van der Waals surface area contributed by atoms with Crippen molar-refractivity contribution in [2.24, 2.45) is 16.6 Å². The van der Waals surface area contributed by atoms with Crippen LogP contribution in [0.1, 0.15) is 44.5 Å². The number of rotatable bonds is 6. The standard InChI is InChI=1S/C24H26F2N4O3S2/c1-7-14(2)33-21-13-28-20(12-29-21)19(26)11-16-8-9-18(25)17(10-16)23(4)15(3)24(5,35(6,31)32)34-22(27)30-23/h1,8-15H,2-6H3,(H2,27,30)/b19-11-/t14-,15-,23-,24+/m0/s1. The van der Waals surface area contributed by atoms with Gasteiger partial charge in [0.25, 0.3) is 0 Å². The van der Waals surface area contributed by atoms with Crippen molar-refractivity contribution in [1.29, 1.82) is 0 Å². The predicted molar refractivity (Wildman–Crippen MR) is 135 cm³/mol. The van der Waals surface area contributed by atoms with E-state index in [0.29, 0.717) is 5.56 Å². The maximum Gasteiger partial charge on any atom is 0.233 e. The van der Waals surface area contributed by atoms with Gasteiger partial charge in [0, 0.05) is 17.7 Å². The van der Waals surface area contributed by atoms with Crippen molar-refractivity contribution in [3.8, 4) is 18.2 Å². The summed E-state index contributed by atoms with van der Waals surface area (Å²) in [7, 11) is -3.61. The number of halogens is 2. The molecule has 0 radical (unpaired) electrons. The number of aliphatic imine (C=N–C) groups is 1. The van der Waals surface area contributed by atoms with E-state index in [9.17, 15) is 12.8 Å². The summed E-state index contributed by atoms with van der Waals surface area (Å²) in [6.45, 7) is 6.52. The lowest BCUT2D eigenvalue weighted by Crippen LogP contribution is -2.52. The fourth-order valence-electron chi connectivity index (χ4n) is 3.80. The van der Waals surface area contributed by atoms with Gasteiger partial charge in [-0.3, -0.25) is 4.99 Å². The van der Waals surface area contributed by atoms with Crippen LogP contribution in [0, 0.1) is 24.1 Å². The Bertz CT molecular complexity index is 1340. The third-order valence-electron chi connectivity index (χ3n) is 6.25. The Morgan fingerprint density at radius 3 is 2.60 bits per heavy atom. The number of hydrogen-bond acceptors (Lipinski definition) is 8. The van der Waals surface area contributed by atoms with Crippen molar-refractivity contribution in [3.05, 3.63) is 53.2 Å². The van der Waals surface area contributed by atoms with Gasteiger partial charge in [0.2, 0.25) is 5.88 Å². The van der Waals surface area contributed by atoms with Crippen molar-refractivity contribution in [2.75, 3.05) is 6.26 Å². The number of hydrogen-bond donors (Lipinski definition) is 1. The topological polar surface area (TPSA) is 108 Å². The highest BCUT2D eigenvalue weighted by Crippen LogP contribution is 2.52. The molecule has 0 saturated heterocycles. The largest absolute Gasteiger partial charge is 0.460 e. The van der Waals surface area contributed by atoms with E-state index in [1.54, 1.807) is 27.7 Å². The lowest BCUT2D eigenvalue weighted by molar-refractivity contribution is 0.266. The van der Waals surface area contributed by atoms with E-state index in [0.717, 1.165) is 18.0 Å². The second-order valence-electron chi connectivity index (χ2n) is 8.61. The molecule has 0 saturated carbocycles. The number of terminal acetylenes is 1. The third kappa shape index (κ3) is 5.18. The molecule has 1 aliphatic heterocycles. The maximum absolute atomic E-state index is 15.1. The lowest BCUT2D eigenvalue weighted by atomic mass is 9.78. The molecule has 3 rings (SSSR count). The van der Waals surface area contributed by atoms with Crippen LogP contribution >= 0.6 is 11.8 Å². The quantitative estimate of drug-likeness (QED) is 0.570. The van der Waals surface area contributed by atoms with E-state index in [4.69, 9.17) is 16.9 Å². The van der Waals surface area contributed by atoms with Gasteiger partial charge in [-0.1, -0.05) is 30.7 Å². The van der Waals surface area contributed by atoms with Crippen LogP contribution in [0.3, 0.4) is 0 Å². The van der Waals surface area contributed by atoms with Crippen molar-refractivity contribution in [1.82, 2.24) is 9.97 Å². The number of ether oxygens (including phenoxy) is 1. The van der Waals surface area contributed by atoms with Crippen LogP contribution in [0.25, 0.3) is 11.9 Å². The average molecular weight is 521 g/mol. The van der Waals surface area contributed by atoms with Crippen molar-refractivity contribution in [2.45, 2.75) is 43.4 Å². The highest BCUT2D eigenvalue weighted by molar-refractivity contribution is 8.23. The Hall–Kier alpha value is -2.97. The minimum absolute atomic E-state index is 0.0294. The van der Waals surface area contributed by atoms with E-state index in [-0.39, 0.29) is 22.3 Å². The van der Waals surface area contributed by atoms with Crippen LogP contribution in [0.15, 0.2) is 35.6 Å². The molecule has 2 aromatic rings. The Balaban J connectivity index is 2.00. The molecule has 1 aliphatic rings. The number of nitrogens with two attached hydrogens (primary N) is 1. The highest BCUT2D eigenvalue weighted by Gasteiger charge is 2.55. The molecule has 0 amide bonds. The van der Waals surface area contributed by atoms with Gasteiger partial charge in [-0.2, -0.15) is 0 Å². The minimum atomic E-state index is -3.61. The first-order valence-electron chi connectivity index (χ1n) is 10.6. The molecule has 35 heavy (non-hydrogen) atoms. The van der Waals surface area contributed by atoms with Crippen LogP contribution < -0.4 is 10.5 Å². The van der Waals surface area contributed by atoms with Gasteiger partial charge in [0.05, 0.1) is 17.9 Å². The van der Waals surface area contributed by atoms with Crippen molar-refractivity contribution >= 4 is 38.7 Å². The van der Waals surface area contributed by atoms with Gasteiger partial charge in [0.1, 0.15) is 15.6 Å². The molecule has 1 aromatic carbocycles. The zero-order valence-corrected chi connectivity index (χ0v) is 21.5. The summed E-state index contributed by atoms with van der Waals surface area (Å²) in [6, 6.07) is 4.01. The summed E-state index contributed by atoms with van der Waals surface area (Å²) in [5.74, 6) is 0.547. The van der Waals surface area contributed by atoms with Crippen molar-refractivity contribution < 1.29 is 21.9 Å². The molecule has 0 aliphatic carbocycles. The van der Waals surface area contributed by atoms with Crippen molar-refractivity contribution in [3.63, 3.8) is 0 Å². The average Bonchev–Trinajstić information content (AvgIpc) is 2.78. The molecular weight excluding hydrogens is 494 g/mol. The molecule has 0 bridgehead atoms. The first-order valence-corrected chi connectivity index (χ1v) is 13.3. The number of thioether (sulfide) groups is 1. The zero-order valence-electron chi connectivity index (χ0n) is 19.9. The van der Waals surface area contributed by atoms with E-state index in [2.05, 4.69) is 20.9 Å². The van der Waals surface area contributed by atoms with Crippen LogP contribution in [0.4, 0.5) is 8.78 Å². The summed E-state index contributed by atoms with van der Waals surface area (Å²) < 4.78 is 59.2. The fourth-order valence-corrected chi connectivity index (χ4v) is 6.59. The number of nitrogens with zero attached hydrogens (tertiary/aromatic N) is 3. The summed E-state index contributed by atoms with van der Waals surface area (Å²) in [5, 5.41) is 0.0294. The molecule has 0 unspecified atom stereocenters. The first kappa shape index (κ1) is 26.6. The van der Waals surface area contributed by atoms with E-state index >= 15 is 4.39 Å². The second-order valence-corrected chi connectivity index (χ2v) is 12.7. The van der Waals surface area contributed by atoms with E-state index in [1.807, 2.05) is 0 Å². The van der Waals surface area contributed by atoms with Gasteiger partial charge in [-0.05, 0) is 44.5 Å². The summed E-state index contributed by atoms with van der Waals surface area (Å²) >= 11 is 0.934. The number of benzene rings is 1. The summed E-state index contributed by atoms with van der Waals surface area (Å²) in [5.41, 5.74) is 5.04. The number of aromatic nitrogens is 2. The molecule has 0 fully saturated rings. The lowest BCUT2D eigenvalue weighted by Gasteiger charge is -2.46. The SMILES string of the molecule is C#C[C@H](C)Oc1cnc(/C(F)=C/c2ccc(F)c([C@@]3(C)N=C(N)S[C@](C)(S(C)(=O)=O)[C@H]3C)c2)cn1. The van der Waals surface area contributed by atoms with Gasteiger partial charge >= 0.3 is 0 Å². The summed E-state index contributed by atoms with van der Waals surface area (Å²) in [6.07, 6.45) is 9.47. The Morgan fingerprint density at radius 1 is 1.34 bits per heavy atom. The smallest absolute Gasteiger partial charge is 0.233 e. The predicted octanol–water partition coefficient (Wildman–Crippen LogP) is 4.16. The first-order chi connectivity index (χ1) is 16.2. The van der Waals surface area contributed by atoms with Gasteiger partial charge in [0.15, 0.2) is 26.9 Å². The Labute approximate surface area is 208 Å². The number of amidine groups is 1. The maximum atomic E-state index is 15.1. The van der Waals surface area contributed by atoms with Crippen LogP contribution in [0.5, 0.6) is 5.88 Å². The highest BCUT2D eigenvalue weighted by atomic mass is 32.3. The van der Waals surface area contributed by atoms with Crippen LogP contribution in [0.2, 0.25) is 0 Å². The molecule has 2 N–H and O–H groups in total. The van der Waals surface area contributed by atoms with Gasteiger partial charge in [-0.25, -0.2) is 27.2 Å². The molecule has 4 atom stereocenters. The number of sulfone groups is 1. The summed E-state index contributed by atoms with van der Waals surface area (Å²) in [4.78, 5) is 12.4. The minimum Gasteiger partial charge on any atom is -0.460 e. The van der Waals surface area contributed by atoms with Crippen LogP contribution in [-0.4, -0.2) is 40.0 Å². The van der Waals surface area contributed by atoms with E-state index in [1.165, 1.54) is 36.7 Å². The van der Waals surface area contributed by atoms with Gasteiger partial charge < -0.3 is 10.5 Å². The second kappa shape index (κ2) is 9.59. The Kier molecular flexibility index (Phi) is 7.29. The van der Waals surface area contributed by atoms with E-state index < -0.39 is 43.1 Å². The monoisotopic (exact) mass is 520 g/mol. The molecule has 0 spiro atoms. The molecule has 2 heterocycles. The normalized spacial score (nSPS) is 25.9. The van der Waals surface area contributed by atoms with Crippen LogP contribution in [-0.2, 0) is 15.4 Å². The van der Waals surface area contributed by atoms with Gasteiger partial charge in [-0.15, -0.1) is 6.42 Å². The molecular formula is C24H26F2N4O3S2. The molecule has 1 aromatic heterocycles. The molecule has 11 heteroatoms. The molecule has 186 valence electrons. The zero-order chi connectivity index (χ0) is 26.2.